The van der Waals surface area contributed by atoms with Crippen LogP contribution in [0, 0.1) is 11.3 Å². The Morgan fingerprint density at radius 1 is 1.16 bits per heavy atom. The van der Waals surface area contributed by atoms with E-state index >= 15 is 0 Å². The lowest BCUT2D eigenvalue weighted by atomic mass is 9.73. The van der Waals surface area contributed by atoms with Crippen molar-refractivity contribution < 1.29 is 26.7 Å². The number of carbonyl (C=O) groups excluding carboxylic acids is 1. The summed E-state index contributed by atoms with van der Waals surface area (Å²) >= 11 is 0. The number of piperidine rings is 1. The minimum absolute atomic E-state index is 0.0303. The summed E-state index contributed by atoms with van der Waals surface area (Å²) in [6, 6.07) is 12.3. The number of hydrogen-bond acceptors (Lipinski definition) is 6. The molecular formula is C22H21F2N3O4S. The first-order valence-corrected chi connectivity index (χ1v) is 11.6. The standard InChI is InChI=1S/C22H21F2N3O4S/c23-21(24)32(29,30)17-4-2-16(3-5-17)31-12-11-27-9-7-22(8-10-27)18-13-15(14-25)1-6-19(18)26-20(22)28/h1-6,13,21H,7-12H2,(H,26,28). The number of fused-ring (bicyclic) bond motifs is 2. The monoisotopic (exact) mass is 461 g/mol. The van der Waals surface area contributed by atoms with Gasteiger partial charge in [-0.2, -0.15) is 14.0 Å². The summed E-state index contributed by atoms with van der Waals surface area (Å²) in [4.78, 5) is 14.4. The molecule has 2 aromatic rings. The Hall–Kier alpha value is -3.03. The Labute approximate surface area is 184 Å². The molecule has 4 rings (SSSR count). The van der Waals surface area contributed by atoms with Gasteiger partial charge in [0, 0.05) is 12.2 Å². The maximum Gasteiger partial charge on any atom is 0.341 e. The van der Waals surface area contributed by atoms with Crippen LogP contribution in [0.5, 0.6) is 5.75 Å². The predicted octanol–water partition coefficient (Wildman–Crippen LogP) is 2.92. The van der Waals surface area contributed by atoms with Crippen LogP contribution in [-0.4, -0.2) is 51.2 Å². The Bertz CT molecular complexity index is 1170. The van der Waals surface area contributed by atoms with Crippen molar-refractivity contribution in [1.82, 2.24) is 4.90 Å². The summed E-state index contributed by atoms with van der Waals surface area (Å²) in [6.07, 6.45) is 1.25. The summed E-state index contributed by atoms with van der Waals surface area (Å²) in [5.74, 6) is -3.10. The number of anilines is 1. The van der Waals surface area contributed by atoms with Crippen molar-refractivity contribution in [2.45, 2.75) is 28.9 Å². The van der Waals surface area contributed by atoms with Gasteiger partial charge in [0.05, 0.1) is 21.9 Å². The number of nitrogens with one attached hydrogen (secondary N) is 1. The van der Waals surface area contributed by atoms with Gasteiger partial charge in [0.25, 0.3) is 0 Å². The number of amides is 1. The summed E-state index contributed by atoms with van der Waals surface area (Å²) in [7, 11) is -4.62. The number of carbonyl (C=O) groups is 1. The molecule has 0 unspecified atom stereocenters. The second kappa shape index (κ2) is 8.48. The normalized spacial score (nSPS) is 17.8. The Morgan fingerprint density at radius 3 is 2.47 bits per heavy atom. The molecule has 0 bridgehead atoms. The smallest absolute Gasteiger partial charge is 0.341 e. The van der Waals surface area contributed by atoms with Crippen molar-refractivity contribution >= 4 is 21.4 Å². The van der Waals surface area contributed by atoms with Crippen molar-refractivity contribution in [3.63, 3.8) is 0 Å². The largest absolute Gasteiger partial charge is 0.492 e. The molecule has 2 aliphatic rings. The number of alkyl halides is 2. The molecule has 2 heterocycles. The van der Waals surface area contributed by atoms with Crippen molar-refractivity contribution in [2.24, 2.45) is 0 Å². The molecule has 10 heteroatoms. The molecule has 0 saturated carbocycles. The van der Waals surface area contributed by atoms with Crippen molar-refractivity contribution in [3.8, 4) is 11.8 Å². The Balaban J connectivity index is 1.32. The summed E-state index contributed by atoms with van der Waals surface area (Å²) in [5.41, 5.74) is 1.56. The second-order valence-electron chi connectivity index (χ2n) is 7.88. The third-order valence-electron chi connectivity index (χ3n) is 6.12. The number of hydrogen-bond donors (Lipinski definition) is 1. The topological polar surface area (TPSA) is 99.5 Å². The van der Waals surface area contributed by atoms with E-state index in [1.165, 1.54) is 12.1 Å². The van der Waals surface area contributed by atoms with E-state index in [1.807, 2.05) is 0 Å². The van der Waals surface area contributed by atoms with Crippen molar-refractivity contribution in [3.05, 3.63) is 53.6 Å². The molecule has 168 valence electrons. The first-order chi connectivity index (χ1) is 15.3. The zero-order chi connectivity index (χ0) is 22.9. The average molecular weight is 461 g/mol. The molecule has 0 radical (unpaired) electrons. The summed E-state index contributed by atoms with van der Waals surface area (Å²) in [6.45, 7) is 2.28. The third-order valence-corrected chi connectivity index (χ3v) is 7.52. The van der Waals surface area contributed by atoms with Crippen LogP contribution in [0.4, 0.5) is 14.5 Å². The first-order valence-electron chi connectivity index (χ1n) is 10.1. The SMILES string of the molecule is N#Cc1ccc2c(c1)C1(CCN(CCOc3ccc(S(=O)(=O)C(F)F)cc3)CC1)C(=O)N2. The van der Waals surface area contributed by atoms with E-state index in [0.717, 1.165) is 23.4 Å². The second-order valence-corrected chi connectivity index (χ2v) is 9.79. The van der Waals surface area contributed by atoms with Gasteiger partial charge < -0.3 is 10.1 Å². The van der Waals surface area contributed by atoms with Crippen LogP contribution in [0.1, 0.15) is 24.0 Å². The third kappa shape index (κ3) is 3.94. The van der Waals surface area contributed by atoms with Crippen molar-refractivity contribution in [2.75, 3.05) is 31.6 Å². The molecule has 1 N–H and O–H groups in total. The van der Waals surface area contributed by atoms with E-state index in [-0.39, 0.29) is 5.91 Å². The molecule has 2 aromatic carbocycles. The Morgan fingerprint density at radius 2 is 1.84 bits per heavy atom. The lowest BCUT2D eigenvalue weighted by Gasteiger charge is -2.37. The molecule has 1 spiro atoms. The number of sulfone groups is 1. The molecule has 2 aliphatic heterocycles. The van der Waals surface area contributed by atoms with Gasteiger partial charge in [-0.05, 0) is 74.0 Å². The van der Waals surface area contributed by atoms with Crippen LogP contribution in [0.15, 0.2) is 47.4 Å². The van der Waals surface area contributed by atoms with Gasteiger partial charge in [-0.15, -0.1) is 0 Å². The molecule has 0 aliphatic carbocycles. The number of rotatable bonds is 6. The van der Waals surface area contributed by atoms with Gasteiger partial charge in [0.2, 0.25) is 15.7 Å². The number of nitrogens with zero attached hydrogens (tertiary/aromatic N) is 2. The van der Waals surface area contributed by atoms with Crippen LogP contribution in [0.2, 0.25) is 0 Å². The predicted molar refractivity (Wildman–Crippen MR) is 112 cm³/mol. The maximum atomic E-state index is 12.7. The van der Waals surface area contributed by atoms with E-state index in [1.54, 1.807) is 18.2 Å². The van der Waals surface area contributed by atoms with Crippen LogP contribution in [0.25, 0.3) is 0 Å². The van der Waals surface area contributed by atoms with E-state index in [0.29, 0.717) is 50.4 Å². The number of nitriles is 1. The number of likely N-dealkylation sites (tertiary alicyclic amines) is 1. The lowest BCUT2D eigenvalue weighted by Crippen LogP contribution is -2.47. The molecule has 0 aromatic heterocycles. The van der Waals surface area contributed by atoms with Gasteiger partial charge in [-0.1, -0.05) is 0 Å². The van der Waals surface area contributed by atoms with Gasteiger partial charge in [0.15, 0.2) is 0 Å². The quantitative estimate of drug-likeness (QED) is 0.710. The van der Waals surface area contributed by atoms with E-state index in [9.17, 15) is 27.3 Å². The fourth-order valence-corrected chi connectivity index (χ4v) is 4.98. The van der Waals surface area contributed by atoms with Gasteiger partial charge in [-0.3, -0.25) is 9.69 Å². The summed E-state index contributed by atoms with van der Waals surface area (Å²) in [5, 5.41) is 12.1. The van der Waals surface area contributed by atoms with Crippen molar-refractivity contribution in [1.29, 1.82) is 5.26 Å². The van der Waals surface area contributed by atoms with Gasteiger partial charge in [-0.25, -0.2) is 8.42 Å². The number of benzene rings is 2. The fraction of sp³-hybridized carbons (Fsp3) is 0.364. The number of ether oxygens (including phenoxy) is 1. The molecule has 0 atom stereocenters. The van der Waals surface area contributed by atoms with Crippen LogP contribution >= 0.6 is 0 Å². The van der Waals surface area contributed by atoms with E-state index < -0.39 is 25.9 Å². The molecule has 1 fully saturated rings. The molecule has 1 amide bonds. The highest BCUT2D eigenvalue weighted by molar-refractivity contribution is 7.91. The molecule has 1 saturated heterocycles. The minimum atomic E-state index is -4.62. The highest BCUT2D eigenvalue weighted by atomic mass is 32.2. The van der Waals surface area contributed by atoms with Gasteiger partial charge in [0.1, 0.15) is 12.4 Å². The van der Waals surface area contributed by atoms with Crippen LogP contribution < -0.4 is 10.1 Å². The van der Waals surface area contributed by atoms with Gasteiger partial charge >= 0.3 is 5.76 Å². The zero-order valence-electron chi connectivity index (χ0n) is 17.1. The average Bonchev–Trinajstić information content (AvgIpc) is 3.05. The summed E-state index contributed by atoms with van der Waals surface area (Å²) < 4.78 is 53.7. The van der Waals surface area contributed by atoms with Crippen LogP contribution in [0.3, 0.4) is 0 Å². The molecule has 32 heavy (non-hydrogen) atoms. The Kier molecular flexibility index (Phi) is 5.88. The minimum Gasteiger partial charge on any atom is -0.492 e. The highest BCUT2D eigenvalue weighted by Crippen LogP contribution is 2.45. The number of halogens is 2. The lowest BCUT2D eigenvalue weighted by molar-refractivity contribution is -0.122. The maximum absolute atomic E-state index is 12.7. The first kappa shape index (κ1) is 22.2. The zero-order valence-corrected chi connectivity index (χ0v) is 17.9. The fourth-order valence-electron chi connectivity index (χ4n) is 4.26. The van der Waals surface area contributed by atoms with E-state index in [2.05, 4.69) is 16.3 Å². The molecule has 7 nitrogen and oxygen atoms in total. The van der Waals surface area contributed by atoms with E-state index in [4.69, 9.17) is 4.74 Å². The molecular weight excluding hydrogens is 440 g/mol. The van der Waals surface area contributed by atoms with Crippen LogP contribution in [-0.2, 0) is 20.0 Å². The highest BCUT2D eigenvalue weighted by Gasteiger charge is 2.48.